The highest BCUT2D eigenvalue weighted by atomic mass is 32.2. The molecule has 0 amide bonds. The van der Waals surface area contributed by atoms with E-state index in [0.29, 0.717) is 12.3 Å². The Labute approximate surface area is 174 Å². The van der Waals surface area contributed by atoms with Gasteiger partial charge in [0, 0.05) is 6.26 Å². The summed E-state index contributed by atoms with van der Waals surface area (Å²) in [6.07, 6.45) is -4.17. The van der Waals surface area contributed by atoms with E-state index in [1.54, 1.807) is 0 Å². The van der Waals surface area contributed by atoms with Crippen LogP contribution in [0.5, 0.6) is 0 Å². The van der Waals surface area contributed by atoms with Crippen LogP contribution in [-0.2, 0) is 37.6 Å². The van der Waals surface area contributed by atoms with Crippen molar-refractivity contribution in [1.82, 2.24) is 0 Å². The lowest BCUT2D eigenvalue weighted by Crippen LogP contribution is -2.20. The summed E-state index contributed by atoms with van der Waals surface area (Å²) >= 11 is 0. The zero-order chi connectivity index (χ0) is 22.7. The molecule has 0 spiro atoms. The molecule has 0 saturated heterocycles. The molecule has 2 aromatic rings. The minimum Gasteiger partial charge on any atom is -0.460 e. The fourth-order valence-corrected chi connectivity index (χ4v) is 3.91. The van der Waals surface area contributed by atoms with Gasteiger partial charge >= 0.3 is 12.1 Å². The molecule has 30 heavy (non-hydrogen) atoms. The third-order valence-electron chi connectivity index (χ3n) is 4.33. The Balaban J connectivity index is 2.06. The summed E-state index contributed by atoms with van der Waals surface area (Å²) in [5.41, 5.74) is 0.270. The second kappa shape index (κ2) is 8.67. The average Bonchev–Trinajstić information content (AvgIpc) is 2.62. The van der Waals surface area contributed by atoms with Gasteiger partial charge in [0.05, 0.1) is 11.3 Å². The maximum atomic E-state index is 13.2. The summed E-state index contributed by atoms with van der Waals surface area (Å²) in [6, 6.07) is 10.4. The molecule has 0 aromatic heterocycles. The molecule has 9 heteroatoms. The normalized spacial score (nSPS) is 12.5. The number of halogens is 3. The number of alkyl halides is 3. The molecule has 0 unspecified atom stereocenters. The van der Waals surface area contributed by atoms with Crippen molar-refractivity contribution >= 4 is 21.5 Å². The number of hydrogen-bond acceptors (Lipinski definition) is 5. The molecule has 0 heterocycles. The van der Waals surface area contributed by atoms with Crippen LogP contribution in [0.4, 0.5) is 18.9 Å². The fourth-order valence-electron chi connectivity index (χ4n) is 2.78. The summed E-state index contributed by atoms with van der Waals surface area (Å²) in [5.74, 6) is -0.730. The van der Waals surface area contributed by atoms with Crippen LogP contribution < -0.4 is 5.32 Å². The lowest BCUT2D eigenvalue weighted by atomic mass is 9.87. The lowest BCUT2D eigenvalue weighted by molar-refractivity contribution is -0.142. The zero-order valence-electron chi connectivity index (χ0n) is 17.1. The van der Waals surface area contributed by atoms with Gasteiger partial charge in [0.15, 0.2) is 9.84 Å². The molecule has 0 aliphatic heterocycles. The van der Waals surface area contributed by atoms with Crippen LogP contribution in [-0.4, -0.2) is 27.2 Å². The van der Waals surface area contributed by atoms with E-state index in [1.165, 1.54) is 6.07 Å². The van der Waals surface area contributed by atoms with Gasteiger partial charge in [-0.05, 0) is 28.7 Å². The topological polar surface area (TPSA) is 72.5 Å². The lowest BCUT2D eigenvalue weighted by Gasteiger charge is -2.19. The first-order valence-corrected chi connectivity index (χ1v) is 11.0. The monoisotopic (exact) mass is 443 g/mol. The van der Waals surface area contributed by atoms with Gasteiger partial charge in [0.25, 0.3) is 0 Å². The third-order valence-corrected chi connectivity index (χ3v) is 5.52. The molecule has 0 aliphatic carbocycles. The Hall–Kier alpha value is -2.55. The highest BCUT2D eigenvalue weighted by Crippen LogP contribution is 2.37. The minimum atomic E-state index is -4.85. The van der Waals surface area contributed by atoms with Gasteiger partial charge in [0.1, 0.15) is 18.0 Å². The standard InChI is InChI=1S/C21H24F3NO4S/c1-20(2,3)15-10-8-14(9-11-15)13-29-18(26)12-25-17-7-5-6-16(21(22,23)24)19(17)30(4,27)28/h5-11,25H,12-13H2,1-4H3. The van der Waals surface area contributed by atoms with E-state index in [4.69, 9.17) is 4.74 Å². The van der Waals surface area contributed by atoms with E-state index in [-0.39, 0.29) is 17.7 Å². The van der Waals surface area contributed by atoms with Crippen LogP contribution in [0.1, 0.15) is 37.5 Å². The molecule has 0 aliphatic rings. The predicted molar refractivity (Wildman–Crippen MR) is 108 cm³/mol. The fraction of sp³-hybridized carbons (Fsp3) is 0.381. The smallest absolute Gasteiger partial charge is 0.417 e. The van der Waals surface area contributed by atoms with E-state index >= 15 is 0 Å². The summed E-state index contributed by atoms with van der Waals surface area (Å²) in [5, 5.41) is 2.44. The predicted octanol–water partition coefficient (Wildman–Crippen LogP) is 4.56. The maximum absolute atomic E-state index is 13.2. The van der Waals surface area contributed by atoms with Crippen molar-refractivity contribution in [3.05, 3.63) is 59.2 Å². The van der Waals surface area contributed by atoms with Crippen molar-refractivity contribution in [2.45, 2.75) is 43.9 Å². The van der Waals surface area contributed by atoms with Crippen molar-refractivity contribution < 1.29 is 31.1 Å². The van der Waals surface area contributed by atoms with Gasteiger partial charge in [-0.3, -0.25) is 4.79 Å². The molecular formula is C21H24F3NO4S. The molecule has 1 N–H and O–H groups in total. The number of ether oxygens (including phenoxy) is 1. The highest BCUT2D eigenvalue weighted by Gasteiger charge is 2.37. The van der Waals surface area contributed by atoms with Gasteiger partial charge in [-0.2, -0.15) is 13.2 Å². The molecular weight excluding hydrogens is 419 g/mol. The van der Waals surface area contributed by atoms with Crippen molar-refractivity contribution in [3.8, 4) is 0 Å². The first-order chi connectivity index (χ1) is 13.7. The van der Waals surface area contributed by atoms with Gasteiger partial charge in [-0.1, -0.05) is 51.1 Å². The second-order valence-corrected chi connectivity index (χ2v) is 9.87. The molecule has 164 valence electrons. The number of rotatable bonds is 6. The first kappa shape index (κ1) is 23.7. The number of hydrogen-bond donors (Lipinski definition) is 1. The number of carbonyl (C=O) groups excluding carboxylic acids is 1. The number of benzene rings is 2. The van der Waals surface area contributed by atoms with Gasteiger partial charge in [-0.25, -0.2) is 8.42 Å². The first-order valence-electron chi connectivity index (χ1n) is 9.09. The Morgan fingerprint density at radius 2 is 1.63 bits per heavy atom. The van der Waals surface area contributed by atoms with E-state index in [0.717, 1.165) is 17.2 Å². The quantitative estimate of drug-likeness (QED) is 0.663. The van der Waals surface area contributed by atoms with E-state index in [9.17, 15) is 26.4 Å². The Kier molecular flexibility index (Phi) is 6.86. The van der Waals surface area contributed by atoms with Gasteiger partial charge < -0.3 is 10.1 Å². The molecule has 0 radical (unpaired) electrons. The summed E-state index contributed by atoms with van der Waals surface area (Å²) in [6.45, 7) is 5.74. The number of nitrogens with one attached hydrogen (secondary N) is 1. The van der Waals surface area contributed by atoms with Crippen LogP contribution in [0.3, 0.4) is 0 Å². The molecule has 5 nitrogen and oxygen atoms in total. The maximum Gasteiger partial charge on any atom is 0.417 e. The van der Waals surface area contributed by atoms with Crippen molar-refractivity contribution in [2.75, 3.05) is 18.1 Å². The third kappa shape index (κ3) is 6.22. The molecule has 2 aromatic carbocycles. The van der Waals surface area contributed by atoms with Crippen molar-refractivity contribution in [2.24, 2.45) is 0 Å². The van der Waals surface area contributed by atoms with Crippen LogP contribution >= 0.6 is 0 Å². The van der Waals surface area contributed by atoms with Crippen molar-refractivity contribution in [1.29, 1.82) is 0 Å². The van der Waals surface area contributed by atoms with Crippen LogP contribution in [0, 0.1) is 0 Å². The Morgan fingerprint density at radius 3 is 2.13 bits per heavy atom. The average molecular weight is 443 g/mol. The number of carbonyl (C=O) groups is 1. The van der Waals surface area contributed by atoms with Gasteiger partial charge in [-0.15, -0.1) is 0 Å². The van der Waals surface area contributed by atoms with Crippen molar-refractivity contribution in [3.63, 3.8) is 0 Å². The van der Waals surface area contributed by atoms with Crippen LogP contribution in [0.15, 0.2) is 47.4 Å². The van der Waals surface area contributed by atoms with E-state index in [1.807, 2.05) is 24.3 Å². The zero-order valence-corrected chi connectivity index (χ0v) is 17.9. The van der Waals surface area contributed by atoms with Crippen LogP contribution in [0.2, 0.25) is 0 Å². The molecule has 2 rings (SSSR count). The largest absolute Gasteiger partial charge is 0.460 e. The molecule has 0 fully saturated rings. The number of sulfone groups is 1. The molecule has 0 atom stereocenters. The number of anilines is 1. The Morgan fingerprint density at radius 1 is 1.03 bits per heavy atom. The molecule has 0 saturated carbocycles. The van der Waals surface area contributed by atoms with Crippen LogP contribution in [0.25, 0.3) is 0 Å². The van der Waals surface area contributed by atoms with E-state index in [2.05, 4.69) is 26.1 Å². The second-order valence-electron chi connectivity index (χ2n) is 7.91. The molecule has 0 bridgehead atoms. The highest BCUT2D eigenvalue weighted by molar-refractivity contribution is 7.91. The Bertz CT molecular complexity index is 1010. The minimum absolute atomic E-state index is 0.00748. The summed E-state index contributed by atoms with van der Waals surface area (Å²) in [7, 11) is -4.20. The SMILES string of the molecule is CC(C)(C)c1ccc(COC(=O)CNc2cccc(C(F)(F)F)c2S(C)(=O)=O)cc1. The summed E-state index contributed by atoms with van der Waals surface area (Å²) in [4.78, 5) is 11.1. The number of esters is 1. The van der Waals surface area contributed by atoms with E-state index < -0.39 is 39.0 Å². The van der Waals surface area contributed by atoms with Gasteiger partial charge in [0.2, 0.25) is 0 Å². The summed E-state index contributed by atoms with van der Waals surface area (Å²) < 4.78 is 68.5.